The van der Waals surface area contributed by atoms with Crippen LogP contribution in [0.25, 0.3) is 0 Å². The molecule has 1 unspecified atom stereocenters. The van der Waals surface area contributed by atoms with Crippen LogP contribution in [0.2, 0.25) is 0 Å². The summed E-state index contributed by atoms with van der Waals surface area (Å²) in [7, 11) is 0. The monoisotopic (exact) mass is 357 g/mol. The van der Waals surface area contributed by atoms with E-state index in [4.69, 9.17) is 0 Å². The number of aliphatic imine (C=N–C) groups is 1. The first-order valence-corrected chi connectivity index (χ1v) is 10.3. The van der Waals surface area contributed by atoms with Crippen LogP contribution in [-0.2, 0) is 6.42 Å². The third-order valence-corrected chi connectivity index (χ3v) is 4.83. The van der Waals surface area contributed by atoms with Crippen molar-refractivity contribution in [3.63, 3.8) is 0 Å². The smallest absolute Gasteiger partial charge is 0.252 e. The molecule has 0 saturated carbocycles. The molecule has 0 spiro atoms. The zero-order chi connectivity index (χ0) is 18.5. The molecule has 1 aliphatic rings. The van der Waals surface area contributed by atoms with Gasteiger partial charge in [-0.15, -0.1) is 0 Å². The Balaban J connectivity index is 1.55. The normalized spacial score (nSPS) is 18.7. The van der Waals surface area contributed by atoms with E-state index in [0.29, 0.717) is 0 Å². The second-order valence-corrected chi connectivity index (χ2v) is 7.26. The molecular formula is C22H35N3O. The predicted molar refractivity (Wildman–Crippen MR) is 111 cm³/mol. The first-order chi connectivity index (χ1) is 12.7. The molecule has 0 bridgehead atoms. The van der Waals surface area contributed by atoms with Crippen molar-refractivity contribution in [2.45, 2.75) is 83.4 Å². The number of nitrogens with zero attached hydrogens (tertiary/aromatic N) is 1. The molecule has 1 heterocycles. The molecule has 1 aromatic rings. The number of aryl methyl sites for hydroxylation is 1. The number of unbranched alkanes of at least 4 members (excludes halogenated alkanes) is 9. The Morgan fingerprint density at radius 3 is 2.12 bits per heavy atom. The maximum Gasteiger partial charge on any atom is 0.252 e. The topological polar surface area (TPSA) is 56.6 Å². The fourth-order valence-corrected chi connectivity index (χ4v) is 3.26. The maximum absolute atomic E-state index is 10.3. The first-order valence-electron chi connectivity index (χ1n) is 10.3. The molecule has 3 N–H and O–H groups in total. The lowest BCUT2D eigenvalue weighted by molar-refractivity contribution is 0.124. The predicted octanol–water partition coefficient (Wildman–Crippen LogP) is 5.35. The van der Waals surface area contributed by atoms with E-state index in [2.05, 4.69) is 34.7 Å². The van der Waals surface area contributed by atoms with Crippen LogP contribution in [0.4, 0.5) is 5.69 Å². The van der Waals surface area contributed by atoms with Gasteiger partial charge < -0.3 is 15.7 Å². The van der Waals surface area contributed by atoms with Crippen LogP contribution in [-0.4, -0.2) is 17.2 Å². The molecule has 1 aliphatic heterocycles. The lowest BCUT2D eigenvalue weighted by Gasteiger charge is -2.27. The highest BCUT2D eigenvalue weighted by atomic mass is 16.3. The van der Waals surface area contributed by atoms with Crippen LogP contribution in [0.3, 0.4) is 0 Å². The third-order valence-electron chi connectivity index (χ3n) is 4.83. The average molecular weight is 358 g/mol. The number of anilines is 1. The summed E-state index contributed by atoms with van der Waals surface area (Å²) in [5.41, 5.74) is 2.22. The second kappa shape index (κ2) is 11.7. The minimum Gasteiger partial charge on any atom is -0.350 e. The number of hydrogen-bond acceptors (Lipinski definition) is 4. The molecule has 0 radical (unpaired) electrons. The van der Waals surface area contributed by atoms with Crippen molar-refractivity contribution in [3.05, 3.63) is 42.2 Å². The van der Waals surface area contributed by atoms with Crippen LogP contribution in [0.1, 0.15) is 76.7 Å². The molecular weight excluding hydrogens is 322 g/mol. The molecule has 0 aromatic heterocycles. The Bertz CT molecular complexity index is 553. The van der Waals surface area contributed by atoms with Crippen molar-refractivity contribution >= 4 is 11.9 Å². The number of aliphatic hydroxyl groups is 1. The number of rotatable bonds is 13. The summed E-state index contributed by atoms with van der Waals surface area (Å²) in [6, 6.07) is 8.29. The van der Waals surface area contributed by atoms with E-state index in [1.807, 2.05) is 12.1 Å². The number of hydrogen-bond donors (Lipinski definition) is 3. The van der Waals surface area contributed by atoms with E-state index in [0.717, 1.165) is 12.1 Å². The molecule has 1 aromatic carbocycles. The summed E-state index contributed by atoms with van der Waals surface area (Å²) in [6.07, 6.45) is 19.5. The van der Waals surface area contributed by atoms with Gasteiger partial charge in [0.1, 0.15) is 0 Å². The molecule has 4 nitrogen and oxygen atoms in total. The quantitative estimate of drug-likeness (QED) is 0.329. The minimum absolute atomic E-state index is 0.869. The highest BCUT2D eigenvalue weighted by Crippen LogP contribution is 2.16. The summed E-state index contributed by atoms with van der Waals surface area (Å²) in [5, 5.41) is 16.2. The van der Waals surface area contributed by atoms with Gasteiger partial charge in [-0.3, -0.25) is 4.99 Å². The van der Waals surface area contributed by atoms with Gasteiger partial charge in [-0.1, -0.05) is 76.8 Å². The van der Waals surface area contributed by atoms with E-state index in [1.54, 1.807) is 12.4 Å². The highest BCUT2D eigenvalue weighted by Gasteiger charge is 2.23. The summed E-state index contributed by atoms with van der Waals surface area (Å²) in [6.45, 7) is 2.27. The molecule has 144 valence electrons. The molecule has 0 aliphatic carbocycles. The van der Waals surface area contributed by atoms with Gasteiger partial charge >= 0.3 is 0 Å². The SMILES string of the molecule is CCCCCCCCCCCCc1ccc(NC2(O)C=NC=CN2)cc1. The highest BCUT2D eigenvalue weighted by molar-refractivity contribution is 5.74. The Kier molecular flexibility index (Phi) is 9.26. The van der Waals surface area contributed by atoms with Gasteiger partial charge in [0.05, 0.1) is 6.21 Å². The Morgan fingerprint density at radius 2 is 1.54 bits per heavy atom. The summed E-state index contributed by atoms with van der Waals surface area (Å²) in [5.74, 6) is -1.31. The molecule has 26 heavy (non-hydrogen) atoms. The Hall–Kier alpha value is -1.81. The van der Waals surface area contributed by atoms with Gasteiger partial charge in [-0.2, -0.15) is 0 Å². The van der Waals surface area contributed by atoms with Crippen LogP contribution in [0, 0.1) is 0 Å². The first kappa shape index (κ1) is 20.5. The Morgan fingerprint density at radius 1 is 0.923 bits per heavy atom. The van der Waals surface area contributed by atoms with Gasteiger partial charge in [0.25, 0.3) is 5.85 Å². The number of nitrogens with one attached hydrogen (secondary N) is 2. The summed E-state index contributed by atoms with van der Waals surface area (Å²) >= 11 is 0. The standard InChI is InChI=1S/C22H35N3O/c1-2-3-4-5-6-7-8-9-10-11-12-20-13-15-21(16-14-20)25-22(26)19-23-17-18-24-22/h13-19,24-26H,2-12H2,1H3. The zero-order valence-corrected chi connectivity index (χ0v) is 16.2. The van der Waals surface area contributed by atoms with Crippen molar-refractivity contribution in [3.8, 4) is 0 Å². The van der Waals surface area contributed by atoms with Crippen LogP contribution >= 0.6 is 0 Å². The van der Waals surface area contributed by atoms with E-state index in [-0.39, 0.29) is 0 Å². The van der Waals surface area contributed by atoms with E-state index < -0.39 is 5.85 Å². The van der Waals surface area contributed by atoms with E-state index >= 15 is 0 Å². The molecule has 0 saturated heterocycles. The van der Waals surface area contributed by atoms with E-state index in [1.165, 1.54) is 76.0 Å². The fourth-order valence-electron chi connectivity index (χ4n) is 3.26. The fraction of sp³-hybridized carbons (Fsp3) is 0.591. The van der Waals surface area contributed by atoms with Crippen molar-refractivity contribution in [2.75, 3.05) is 5.32 Å². The largest absolute Gasteiger partial charge is 0.350 e. The van der Waals surface area contributed by atoms with Crippen LogP contribution < -0.4 is 10.6 Å². The summed E-state index contributed by atoms with van der Waals surface area (Å²) in [4.78, 5) is 3.95. The average Bonchev–Trinajstić information content (AvgIpc) is 2.65. The van der Waals surface area contributed by atoms with Gasteiger partial charge in [0, 0.05) is 18.1 Å². The number of benzene rings is 1. The molecule has 4 heteroatoms. The van der Waals surface area contributed by atoms with Gasteiger partial charge in [0.2, 0.25) is 0 Å². The lowest BCUT2D eigenvalue weighted by atomic mass is 10.0. The van der Waals surface area contributed by atoms with Crippen LogP contribution in [0.5, 0.6) is 0 Å². The molecule has 2 rings (SSSR count). The second-order valence-electron chi connectivity index (χ2n) is 7.26. The van der Waals surface area contributed by atoms with Crippen molar-refractivity contribution in [2.24, 2.45) is 4.99 Å². The van der Waals surface area contributed by atoms with Crippen molar-refractivity contribution in [1.29, 1.82) is 0 Å². The molecule has 0 fully saturated rings. The van der Waals surface area contributed by atoms with Gasteiger partial charge in [-0.25, -0.2) is 0 Å². The van der Waals surface area contributed by atoms with E-state index in [9.17, 15) is 5.11 Å². The van der Waals surface area contributed by atoms with Crippen molar-refractivity contribution < 1.29 is 5.11 Å². The zero-order valence-electron chi connectivity index (χ0n) is 16.2. The summed E-state index contributed by atoms with van der Waals surface area (Å²) < 4.78 is 0. The third kappa shape index (κ3) is 8.05. The van der Waals surface area contributed by atoms with Crippen LogP contribution in [0.15, 0.2) is 41.7 Å². The van der Waals surface area contributed by atoms with Gasteiger partial charge in [0.15, 0.2) is 0 Å². The molecule has 0 amide bonds. The van der Waals surface area contributed by atoms with Gasteiger partial charge in [-0.05, 0) is 30.5 Å². The minimum atomic E-state index is -1.31. The molecule has 1 atom stereocenters. The lowest BCUT2D eigenvalue weighted by Crippen LogP contribution is -2.52. The Labute approximate surface area is 158 Å². The maximum atomic E-state index is 10.3. The van der Waals surface area contributed by atoms with Crippen molar-refractivity contribution in [1.82, 2.24) is 5.32 Å².